The summed E-state index contributed by atoms with van der Waals surface area (Å²) >= 11 is 4.93. The smallest absolute Gasteiger partial charge is 0.223 e. The van der Waals surface area contributed by atoms with Gasteiger partial charge in [0.1, 0.15) is 4.99 Å². The first-order valence-corrected chi connectivity index (χ1v) is 4.25. The Balaban J connectivity index is 4.80. The van der Waals surface area contributed by atoms with E-state index in [0.717, 1.165) is 0 Å². The SMILES string of the molecule is CNC(=S)/C(N)=C(/C)N(C)C(C)=O. The van der Waals surface area contributed by atoms with Gasteiger partial charge in [-0.05, 0) is 6.92 Å². The minimum absolute atomic E-state index is 0.0700. The molecule has 0 saturated heterocycles. The van der Waals surface area contributed by atoms with Crippen molar-refractivity contribution in [3.8, 4) is 0 Å². The Bertz CT molecular complexity index is 260. The van der Waals surface area contributed by atoms with Crippen molar-refractivity contribution in [2.45, 2.75) is 13.8 Å². The van der Waals surface area contributed by atoms with Crippen LogP contribution in [0.5, 0.6) is 0 Å². The Labute approximate surface area is 83.8 Å². The summed E-state index contributed by atoms with van der Waals surface area (Å²) in [7, 11) is 3.35. The van der Waals surface area contributed by atoms with E-state index < -0.39 is 0 Å². The molecular formula is C8H15N3OS. The van der Waals surface area contributed by atoms with Crippen molar-refractivity contribution in [1.82, 2.24) is 10.2 Å². The fourth-order valence-corrected chi connectivity index (χ4v) is 0.864. The minimum atomic E-state index is -0.0700. The number of rotatable bonds is 2. The van der Waals surface area contributed by atoms with Crippen molar-refractivity contribution in [1.29, 1.82) is 0 Å². The third-order valence-corrected chi connectivity index (χ3v) is 2.26. The van der Waals surface area contributed by atoms with Crippen LogP contribution in [0, 0.1) is 0 Å². The van der Waals surface area contributed by atoms with Crippen LogP contribution < -0.4 is 11.1 Å². The zero-order valence-corrected chi connectivity index (χ0v) is 9.16. The average Bonchev–Trinajstić information content (AvgIpc) is 2.12. The van der Waals surface area contributed by atoms with E-state index in [1.807, 2.05) is 0 Å². The zero-order valence-electron chi connectivity index (χ0n) is 8.34. The molecule has 1 amide bonds. The van der Waals surface area contributed by atoms with Crippen molar-refractivity contribution in [2.24, 2.45) is 5.73 Å². The van der Waals surface area contributed by atoms with Gasteiger partial charge in [0.15, 0.2) is 0 Å². The topological polar surface area (TPSA) is 58.4 Å². The molecule has 0 aromatic carbocycles. The number of allylic oxidation sites excluding steroid dienone is 1. The highest BCUT2D eigenvalue weighted by Crippen LogP contribution is 2.04. The van der Waals surface area contributed by atoms with Gasteiger partial charge in [-0.1, -0.05) is 12.2 Å². The number of nitrogens with one attached hydrogen (secondary N) is 1. The number of carbonyl (C=O) groups excluding carboxylic acids is 1. The van der Waals surface area contributed by atoms with Crippen LogP contribution >= 0.6 is 12.2 Å². The number of likely N-dealkylation sites (N-methyl/N-ethyl adjacent to an activating group) is 1. The van der Waals surface area contributed by atoms with E-state index >= 15 is 0 Å². The minimum Gasteiger partial charge on any atom is -0.395 e. The lowest BCUT2D eigenvalue weighted by Crippen LogP contribution is -2.30. The van der Waals surface area contributed by atoms with Crippen molar-refractivity contribution in [3.05, 3.63) is 11.4 Å². The summed E-state index contributed by atoms with van der Waals surface area (Å²) in [6.07, 6.45) is 0. The lowest BCUT2D eigenvalue weighted by molar-refractivity contribution is -0.125. The summed E-state index contributed by atoms with van der Waals surface area (Å²) < 4.78 is 0. The Morgan fingerprint density at radius 2 is 1.92 bits per heavy atom. The molecule has 0 aliphatic rings. The van der Waals surface area contributed by atoms with Crippen LogP contribution in [0.4, 0.5) is 0 Å². The second kappa shape index (κ2) is 4.81. The molecule has 0 aliphatic carbocycles. The number of hydrogen-bond donors (Lipinski definition) is 2. The van der Waals surface area contributed by atoms with Crippen molar-refractivity contribution < 1.29 is 4.79 Å². The third kappa shape index (κ3) is 3.02. The maximum absolute atomic E-state index is 11.0. The molecule has 0 fully saturated rings. The highest BCUT2D eigenvalue weighted by atomic mass is 32.1. The van der Waals surface area contributed by atoms with E-state index in [0.29, 0.717) is 16.4 Å². The number of nitrogens with zero attached hydrogens (tertiary/aromatic N) is 1. The molecule has 3 N–H and O–H groups in total. The summed E-state index contributed by atoms with van der Waals surface area (Å²) in [5.74, 6) is -0.0700. The fourth-order valence-electron chi connectivity index (χ4n) is 0.716. The van der Waals surface area contributed by atoms with Gasteiger partial charge in [0, 0.05) is 26.7 Å². The molecule has 0 spiro atoms. The van der Waals surface area contributed by atoms with E-state index in [-0.39, 0.29) is 5.91 Å². The lowest BCUT2D eigenvalue weighted by atomic mass is 10.3. The first kappa shape index (κ1) is 11.9. The van der Waals surface area contributed by atoms with E-state index in [2.05, 4.69) is 5.32 Å². The first-order chi connectivity index (χ1) is 5.91. The summed E-state index contributed by atoms with van der Waals surface area (Å²) in [6, 6.07) is 0. The van der Waals surface area contributed by atoms with Crippen molar-refractivity contribution in [2.75, 3.05) is 14.1 Å². The molecular weight excluding hydrogens is 186 g/mol. The molecule has 0 aliphatic heterocycles. The molecule has 0 rings (SSSR count). The highest BCUT2D eigenvalue weighted by molar-refractivity contribution is 7.80. The number of thiocarbonyl (C=S) groups is 1. The number of hydrogen-bond acceptors (Lipinski definition) is 3. The standard InChI is InChI=1S/C8H15N3OS/c1-5(11(4)6(2)12)7(9)8(13)10-3/h9H2,1-4H3,(H,10,13)/b7-5+. The Morgan fingerprint density at radius 1 is 1.46 bits per heavy atom. The summed E-state index contributed by atoms with van der Waals surface area (Å²) in [5, 5.41) is 2.75. The maximum Gasteiger partial charge on any atom is 0.223 e. The van der Waals surface area contributed by atoms with E-state index in [1.165, 1.54) is 11.8 Å². The third-order valence-electron chi connectivity index (χ3n) is 1.84. The molecule has 74 valence electrons. The molecule has 0 unspecified atom stereocenters. The van der Waals surface area contributed by atoms with Gasteiger partial charge >= 0.3 is 0 Å². The predicted molar refractivity (Wildman–Crippen MR) is 57.0 cm³/mol. The molecule has 0 radical (unpaired) electrons. The zero-order chi connectivity index (χ0) is 10.6. The second-order valence-electron chi connectivity index (χ2n) is 2.66. The van der Waals surface area contributed by atoms with Crippen LogP contribution in [0.2, 0.25) is 0 Å². The lowest BCUT2D eigenvalue weighted by Gasteiger charge is -2.18. The van der Waals surface area contributed by atoms with Gasteiger partial charge in [0.25, 0.3) is 0 Å². The van der Waals surface area contributed by atoms with Gasteiger partial charge < -0.3 is 16.0 Å². The fraction of sp³-hybridized carbons (Fsp3) is 0.500. The highest BCUT2D eigenvalue weighted by Gasteiger charge is 2.10. The van der Waals surface area contributed by atoms with Crippen LogP contribution in [0.1, 0.15) is 13.8 Å². The first-order valence-electron chi connectivity index (χ1n) is 3.84. The Kier molecular flexibility index (Phi) is 4.40. The summed E-state index contributed by atoms with van der Waals surface area (Å²) in [6.45, 7) is 3.22. The van der Waals surface area contributed by atoms with Gasteiger partial charge in [-0.15, -0.1) is 0 Å². The largest absolute Gasteiger partial charge is 0.395 e. The average molecular weight is 201 g/mol. The molecule has 0 atom stereocenters. The molecule has 0 aromatic rings. The number of amides is 1. The molecule has 5 heteroatoms. The predicted octanol–water partition coefficient (Wildman–Crippen LogP) is 0.202. The van der Waals surface area contributed by atoms with Gasteiger partial charge in [0.2, 0.25) is 5.91 Å². The van der Waals surface area contributed by atoms with Crippen molar-refractivity contribution >= 4 is 23.1 Å². The number of carbonyl (C=O) groups is 1. The molecule has 0 aromatic heterocycles. The maximum atomic E-state index is 11.0. The van der Waals surface area contributed by atoms with Crippen LogP contribution in [0.15, 0.2) is 11.4 Å². The molecule has 0 bridgehead atoms. The van der Waals surface area contributed by atoms with Crippen LogP contribution in [-0.2, 0) is 4.79 Å². The van der Waals surface area contributed by atoms with E-state index in [9.17, 15) is 4.79 Å². The molecule has 13 heavy (non-hydrogen) atoms. The van der Waals surface area contributed by atoms with Gasteiger partial charge in [-0.3, -0.25) is 4.79 Å². The normalized spacial score (nSPS) is 11.7. The Hall–Kier alpha value is -1.10. The van der Waals surface area contributed by atoms with Crippen LogP contribution in [0.25, 0.3) is 0 Å². The van der Waals surface area contributed by atoms with E-state index in [4.69, 9.17) is 18.0 Å². The molecule has 4 nitrogen and oxygen atoms in total. The van der Waals surface area contributed by atoms with Crippen LogP contribution in [-0.4, -0.2) is 29.9 Å². The molecule has 0 heterocycles. The van der Waals surface area contributed by atoms with E-state index in [1.54, 1.807) is 21.0 Å². The van der Waals surface area contributed by atoms with Crippen molar-refractivity contribution in [3.63, 3.8) is 0 Å². The second-order valence-corrected chi connectivity index (χ2v) is 3.06. The van der Waals surface area contributed by atoms with Gasteiger partial charge in [-0.2, -0.15) is 0 Å². The monoisotopic (exact) mass is 201 g/mol. The van der Waals surface area contributed by atoms with Gasteiger partial charge in [-0.25, -0.2) is 0 Å². The van der Waals surface area contributed by atoms with Gasteiger partial charge in [0.05, 0.1) is 5.70 Å². The number of nitrogens with two attached hydrogens (primary N) is 1. The van der Waals surface area contributed by atoms with Crippen LogP contribution in [0.3, 0.4) is 0 Å². The quantitative estimate of drug-likeness (QED) is 0.495. The summed E-state index contributed by atoms with van der Waals surface area (Å²) in [4.78, 5) is 12.9. The Morgan fingerprint density at radius 3 is 2.23 bits per heavy atom. The molecule has 0 saturated carbocycles. The summed E-state index contributed by atoms with van der Waals surface area (Å²) in [5.41, 5.74) is 6.78.